The highest BCUT2D eigenvalue weighted by atomic mass is 32.1. The monoisotopic (exact) mass is 358 g/mol. The van der Waals surface area contributed by atoms with E-state index < -0.39 is 0 Å². The number of hydrogen-bond acceptors (Lipinski definition) is 5. The van der Waals surface area contributed by atoms with Crippen molar-refractivity contribution in [2.24, 2.45) is 0 Å². The van der Waals surface area contributed by atoms with E-state index in [1.807, 2.05) is 16.0 Å². The lowest BCUT2D eigenvalue weighted by Gasteiger charge is -2.16. The van der Waals surface area contributed by atoms with Crippen LogP contribution in [0.2, 0.25) is 0 Å². The van der Waals surface area contributed by atoms with Crippen LogP contribution < -0.4 is 0 Å². The van der Waals surface area contributed by atoms with E-state index in [-0.39, 0.29) is 12.5 Å². The zero-order chi connectivity index (χ0) is 18.0. The van der Waals surface area contributed by atoms with Crippen molar-refractivity contribution < 1.29 is 9.90 Å². The number of carbonyl (C=O) groups is 1. The highest BCUT2D eigenvalue weighted by molar-refractivity contribution is 7.09. The van der Waals surface area contributed by atoms with Crippen LogP contribution in [0, 0.1) is 0 Å². The van der Waals surface area contributed by atoms with Gasteiger partial charge in [0.05, 0.1) is 41.2 Å². The average Bonchev–Trinajstić information content (AvgIpc) is 3.21. The molecule has 132 valence electrons. The minimum Gasteiger partial charge on any atom is -0.395 e. The van der Waals surface area contributed by atoms with Crippen molar-refractivity contribution in [2.45, 2.75) is 32.9 Å². The van der Waals surface area contributed by atoms with Crippen molar-refractivity contribution in [3.05, 3.63) is 46.2 Å². The second kappa shape index (κ2) is 7.33. The Balaban J connectivity index is 1.76. The van der Waals surface area contributed by atoms with Crippen molar-refractivity contribution in [3.63, 3.8) is 0 Å². The molecule has 2 heterocycles. The van der Waals surface area contributed by atoms with Crippen LogP contribution in [0.3, 0.4) is 0 Å². The molecule has 0 spiro atoms. The maximum atomic E-state index is 12.7. The number of nitrogens with zero attached hydrogens (tertiary/aromatic N) is 4. The molecule has 0 aliphatic rings. The first-order chi connectivity index (χ1) is 12.0. The third-order valence-electron chi connectivity index (χ3n) is 4.02. The highest BCUT2D eigenvalue weighted by Gasteiger charge is 2.15. The molecule has 0 aliphatic heterocycles. The molecule has 0 unspecified atom stereocenters. The number of carbonyl (C=O) groups excluding carboxylic acids is 1. The van der Waals surface area contributed by atoms with Gasteiger partial charge in [0.15, 0.2) is 0 Å². The molecule has 3 aromatic rings. The quantitative estimate of drug-likeness (QED) is 0.735. The van der Waals surface area contributed by atoms with Crippen molar-refractivity contribution in [2.75, 3.05) is 13.7 Å². The second-order valence-corrected chi connectivity index (χ2v) is 7.25. The third kappa shape index (κ3) is 3.72. The van der Waals surface area contributed by atoms with E-state index in [1.165, 1.54) is 0 Å². The summed E-state index contributed by atoms with van der Waals surface area (Å²) >= 11 is 1.63. The first kappa shape index (κ1) is 17.6. The number of aliphatic hydroxyl groups is 1. The normalized spacial score (nSPS) is 11.4. The predicted octanol–water partition coefficient (Wildman–Crippen LogP) is 2.88. The Bertz CT molecular complexity index is 884. The summed E-state index contributed by atoms with van der Waals surface area (Å²) in [6.45, 7) is 5.26. The lowest BCUT2D eigenvalue weighted by Crippen LogP contribution is -2.26. The fourth-order valence-electron chi connectivity index (χ4n) is 2.68. The van der Waals surface area contributed by atoms with E-state index in [1.54, 1.807) is 41.7 Å². The van der Waals surface area contributed by atoms with Crippen LogP contribution in [-0.4, -0.2) is 44.1 Å². The molecule has 0 saturated carbocycles. The van der Waals surface area contributed by atoms with Gasteiger partial charge in [-0.15, -0.1) is 11.3 Å². The first-order valence-corrected chi connectivity index (χ1v) is 9.13. The molecular formula is C18H22N4O2S. The molecule has 0 fully saturated rings. The highest BCUT2D eigenvalue weighted by Crippen LogP contribution is 2.21. The summed E-state index contributed by atoms with van der Waals surface area (Å²) < 4.78 is 1.87. The van der Waals surface area contributed by atoms with E-state index in [9.17, 15) is 4.79 Å². The number of amides is 1. The Hall–Kier alpha value is -2.25. The second-order valence-electron chi connectivity index (χ2n) is 6.36. The summed E-state index contributed by atoms with van der Waals surface area (Å²) in [6.07, 6.45) is 1.68. The molecular weight excluding hydrogens is 336 g/mol. The molecule has 0 radical (unpaired) electrons. The number of benzene rings is 1. The Kier molecular flexibility index (Phi) is 5.15. The standard InChI is InChI=1S/C18H22N4O2S/c1-12(2)17-20-14(10-25-17)9-21(3)18(24)13-4-5-16-15(8-13)19-11-22(16)6-7-23/h4-5,8,10-12,23H,6-7,9H2,1-3H3. The smallest absolute Gasteiger partial charge is 0.254 e. The van der Waals surface area contributed by atoms with E-state index in [4.69, 9.17) is 5.11 Å². The number of rotatable bonds is 6. The van der Waals surface area contributed by atoms with Crippen LogP contribution in [0.1, 0.15) is 40.8 Å². The first-order valence-electron chi connectivity index (χ1n) is 8.25. The largest absolute Gasteiger partial charge is 0.395 e. The van der Waals surface area contributed by atoms with E-state index in [2.05, 4.69) is 23.8 Å². The molecule has 1 aromatic carbocycles. The lowest BCUT2D eigenvalue weighted by atomic mass is 10.1. The van der Waals surface area contributed by atoms with Gasteiger partial charge in [-0.2, -0.15) is 0 Å². The fourth-order valence-corrected chi connectivity index (χ4v) is 3.50. The third-order valence-corrected chi connectivity index (χ3v) is 5.21. The molecule has 7 heteroatoms. The van der Waals surface area contributed by atoms with Gasteiger partial charge in [0, 0.05) is 30.5 Å². The minimum absolute atomic E-state index is 0.0564. The van der Waals surface area contributed by atoms with Crippen molar-refractivity contribution in [1.29, 1.82) is 0 Å². The molecule has 3 rings (SSSR count). The Morgan fingerprint density at radius 3 is 2.88 bits per heavy atom. The van der Waals surface area contributed by atoms with Crippen molar-refractivity contribution in [3.8, 4) is 0 Å². The van der Waals surface area contributed by atoms with Gasteiger partial charge in [-0.05, 0) is 18.2 Å². The van der Waals surface area contributed by atoms with Crippen LogP contribution in [-0.2, 0) is 13.1 Å². The average molecular weight is 358 g/mol. The van der Waals surface area contributed by atoms with Gasteiger partial charge >= 0.3 is 0 Å². The molecule has 0 aliphatic carbocycles. The van der Waals surface area contributed by atoms with E-state index in [0.717, 1.165) is 21.7 Å². The lowest BCUT2D eigenvalue weighted by molar-refractivity contribution is 0.0783. The van der Waals surface area contributed by atoms with Crippen LogP contribution >= 0.6 is 11.3 Å². The van der Waals surface area contributed by atoms with Gasteiger partial charge in [0.2, 0.25) is 0 Å². The Morgan fingerprint density at radius 1 is 1.40 bits per heavy atom. The summed E-state index contributed by atoms with van der Waals surface area (Å²) in [5.41, 5.74) is 3.18. The van der Waals surface area contributed by atoms with Crippen molar-refractivity contribution in [1.82, 2.24) is 19.4 Å². The van der Waals surface area contributed by atoms with Crippen LogP contribution in [0.4, 0.5) is 0 Å². The van der Waals surface area contributed by atoms with Gasteiger partial charge in [0.1, 0.15) is 0 Å². The minimum atomic E-state index is -0.0577. The SMILES string of the molecule is CC(C)c1nc(CN(C)C(=O)c2ccc3c(c2)ncn3CCO)cs1. The van der Waals surface area contributed by atoms with E-state index >= 15 is 0 Å². The zero-order valence-electron chi connectivity index (χ0n) is 14.6. The maximum Gasteiger partial charge on any atom is 0.254 e. The fraction of sp³-hybridized carbons (Fsp3) is 0.389. The summed E-state index contributed by atoms with van der Waals surface area (Å²) in [5, 5.41) is 12.2. The number of fused-ring (bicyclic) bond motifs is 1. The van der Waals surface area contributed by atoms with Gasteiger partial charge in [-0.25, -0.2) is 9.97 Å². The summed E-state index contributed by atoms with van der Waals surface area (Å²) in [6, 6.07) is 5.47. The topological polar surface area (TPSA) is 71.2 Å². The number of imidazole rings is 1. The maximum absolute atomic E-state index is 12.7. The summed E-state index contributed by atoms with van der Waals surface area (Å²) in [5.74, 6) is 0.342. The Morgan fingerprint density at radius 2 is 2.20 bits per heavy atom. The molecule has 0 saturated heterocycles. The van der Waals surface area contributed by atoms with Gasteiger partial charge in [0.25, 0.3) is 5.91 Å². The van der Waals surface area contributed by atoms with Crippen LogP contribution in [0.5, 0.6) is 0 Å². The number of aliphatic hydroxyl groups excluding tert-OH is 1. The number of aromatic nitrogens is 3. The summed E-state index contributed by atoms with van der Waals surface area (Å²) in [4.78, 5) is 23.3. The Labute approximate surface area is 150 Å². The number of hydrogen-bond donors (Lipinski definition) is 1. The van der Waals surface area contributed by atoms with Crippen LogP contribution in [0.25, 0.3) is 11.0 Å². The molecule has 25 heavy (non-hydrogen) atoms. The molecule has 1 amide bonds. The molecule has 2 aromatic heterocycles. The molecule has 6 nitrogen and oxygen atoms in total. The van der Waals surface area contributed by atoms with E-state index in [0.29, 0.717) is 24.6 Å². The predicted molar refractivity (Wildman–Crippen MR) is 98.8 cm³/mol. The zero-order valence-corrected chi connectivity index (χ0v) is 15.5. The molecule has 0 atom stereocenters. The van der Waals surface area contributed by atoms with Gasteiger partial charge < -0.3 is 14.6 Å². The van der Waals surface area contributed by atoms with Gasteiger partial charge in [-0.1, -0.05) is 13.8 Å². The molecule has 0 bridgehead atoms. The summed E-state index contributed by atoms with van der Waals surface area (Å²) in [7, 11) is 1.78. The van der Waals surface area contributed by atoms with Gasteiger partial charge in [-0.3, -0.25) is 4.79 Å². The van der Waals surface area contributed by atoms with Crippen LogP contribution in [0.15, 0.2) is 29.9 Å². The number of thiazole rings is 1. The van der Waals surface area contributed by atoms with Crippen molar-refractivity contribution >= 4 is 28.3 Å². The molecule has 1 N–H and O–H groups in total.